The fraction of sp³-hybridized carbons (Fsp3) is 0.261. The predicted octanol–water partition coefficient (Wildman–Crippen LogP) is 4.35. The van der Waals surface area contributed by atoms with E-state index in [1.807, 2.05) is 36.7 Å². The number of anilines is 3. The average Bonchev–Trinajstić information content (AvgIpc) is 3.27. The fourth-order valence-electron chi connectivity index (χ4n) is 4.02. The molecule has 0 amide bonds. The van der Waals surface area contributed by atoms with Gasteiger partial charge in [0, 0.05) is 67.3 Å². The molecule has 31 heavy (non-hydrogen) atoms. The van der Waals surface area contributed by atoms with Crippen LogP contribution in [0.3, 0.4) is 0 Å². The van der Waals surface area contributed by atoms with Crippen molar-refractivity contribution >= 4 is 39.7 Å². The standard InChI is InChI=1S/C23H24ClN7/c24-20-14-30-23(25)18-3-2-17(10-19(18)20)27-12-16-1-4-21(29-13-16)28-11-15-5-7-31-8-6-26-22(31)9-15/h1-4,6,8,10,13-15,27H,5,7,9,11-12H2,(H2,25,30)(H,28,29). The first kappa shape index (κ1) is 19.6. The predicted molar refractivity (Wildman–Crippen MR) is 125 cm³/mol. The van der Waals surface area contributed by atoms with Crippen LogP contribution in [-0.2, 0) is 19.5 Å². The highest BCUT2D eigenvalue weighted by atomic mass is 35.5. The Labute approximate surface area is 185 Å². The number of nitrogens with zero attached hydrogens (tertiary/aromatic N) is 4. The Hall–Kier alpha value is -3.32. The first-order valence-electron chi connectivity index (χ1n) is 10.4. The number of fused-ring (bicyclic) bond motifs is 2. The van der Waals surface area contributed by atoms with Crippen molar-refractivity contribution in [1.82, 2.24) is 19.5 Å². The summed E-state index contributed by atoms with van der Waals surface area (Å²) in [7, 11) is 0. The summed E-state index contributed by atoms with van der Waals surface area (Å²) in [5.41, 5.74) is 8.01. The highest BCUT2D eigenvalue weighted by Gasteiger charge is 2.18. The molecule has 4 heterocycles. The second-order valence-electron chi connectivity index (χ2n) is 7.93. The second-order valence-corrected chi connectivity index (χ2v) is 8.34. The summed E-state index contributed by atoms with van der Waals surface area (Å²) in [6.07, 6.45) is 9.61. The molecule has 0 bridgehead atoms. The third-order valence-electron chi connectivity index (χ3n) is 5.81. The number of hydrogen-bond acceptors (Lipinski definition) is 6. The van der Waals surface area contributed by atoms with Gasteiger partial charge in [-0.05, 0) is 42.2 Å². The van der Waals surface area contributed by atoms with Crippen molar-refractivity contribution in [3.63, 3.8) is 0 Å². The molecule has 0 aliphatic carbocycles. The molecular formula is C23H24ClN7. The maximum Gasteiger partial charge on any atom is 0.131 e. The summed E-state index contributed by atoms with van der Waals surface area (Å²) in [5, 5.41) is 9.23. The van der Waals surface area contributed by atoms with Crippen LogP contribution in [0.1, 0.15) is 17.8 Å². The number of imidazole rings is 1. The van der Waals surface area contributed by atoms with Crippen LogP contribution in [0.4, 0.5) is 17.3 Å². The van der Waals surface area contributed by atoms with Gasteiger partial charge in [-0.15, -0.1) is 0 Å². The van der Waals surface area contributed by atoms with Crippen LogP contribution in [0, 0.1) is 5.92 Å². The lowest BCUT2D eigenvalue weighted by atomic mass is 9.98. The minimum atomic E-state index is 0.483. The van der Waals surface area contributed by atoms with Crippen molar-refractivity contribution in [3.05, 3.63) is 71.5 Å². The van der Waals surface area contributed by atoms with E-state index >= 15 is 0 Å². The first-order valence-corrected chi connectivity index (χ1v) is 10.8. The third-order valence-corrected chi connectivity index (χ3v) is 6.12. The SMILES string of the molecule is Nc1ncc(Cl)c2cc(NCc3ccc(NCC4CCn5ccnc5C4)nc3)ccc12. The number of rotatable bonds is 6. The molecule has 5 rings (SSSR count). The maximum absolute atomic E-state index is 6.27. The summed E-state index contributed by atoms with van der Waals surface area (Å²) >= 11 is 6.27. The molecule has 7 nitrogen and oxygen atoms in total. The number of nitrogen functional groups attached to an aromatic ring is 1. The highest BCUT2D eigenvalue weighted by Crippen LogP contribution is 2.29. The zero-order valence-electron chi connectivity index (χ0n) is 17.1. The van der Waals surface area contributed by atoms with E-state index in [4.69, 9.17) is 17.3 Å². The summed E-state index contributed by atoms with van der Waals surface area (Å²) < 4.78 is 2.24. The molecule has 0 saturated heterocycles. The lowest BCUT2D eigenvalue weighted by Crippen LogP contribution is -2.25. The minimum Gasteiger partial charge on any atom is -0.383 e. The third kappa shape index (κ3) is 4.27. The van der Waals surface area contributed by atoms with E-state index in [1.54, 1.807) is 6.20 Å². The minimum absolute atomic E-state index is 0.483. The van der Waals surface area contributed by atoms with E-state index in [2.05, 4.69) is 42.4 Å². The van der Waals surface area contributed by atoms with E-state index in [0.717, 1.165) is 53.8 Å². The van der Waals surface area contributed by atoms with E-state index in [-0.39, 0.29) is 0 Å². The molecule has 0 saturated carbocycles. The Bertz CT molecular complexity index is 1200. The second kappa shape index (κ2) is 8.43. The largest absolute Gasteiger partial charge is 0.383 e. The van der Waals surface area contributed by atoms with E-state index in [9.17, 15) is 0 Å². The lowest BCUT2D eigenvalue weighted by molar-refractivity contribution is 0.397. The van der Waals surface area contributed by atoms with Gasteiger partial charge in [0.1, 0.15) is 17.5 Å². The Kier molecular flexibility index (Phi) is 5.34. The van der Waals surface area contributed by atoms with Crippen molar-refractivity contribution in [3.8, 4) is 0 Å². The molecule has 0 spiro atoms. The maximum atomic E-state index is 6.27. The molecule has 1 atom stereocenters. The number of halogens is 1. The molecule has 1 unspecified atom stereocenters. The van der Waals surface area contributed by atoms with Gasteiger partial charge in [-0.1, -0.05) is 17.7 Å². The lowest BCUT2D eigenvalue weighted by Gasteiger charge is -2.23. The topological polar surface area (TPSA) is 93.7 Å². The number of aryl methyl sites for hydroxylation is 1. The summed E-state index contributed by atoms with van der Waals surface area (Å²) in [5.74, 6) is 3.15. The van der Waals surface area contributed by atoms with Gasteiger partial charge in [-0.2, -0.15) is 0 Å². The number of nitrogens with two attached hydrogens (primary N) is 1. The molecule has 0 fully saturated rings. The van der Waals surface area contributed by atoms with E-state index < -0.39 is 0 Å². The van der Waals surface area contributed by atoms with Gasteiger partial charge >= 0.3 is 0 Å². The van der Waals surface area contributed by atoms with Crippen molar-refractivity contribution < 1.29 is 0 Å². The number of hydrogen-bond donors (Lipinski definition) is 3. The monoisotopic (exact) mass is 433 g/mol. The van der Waals surface area contributed by atoms with Crippen LogP contribution in [-0.4, -0.2) is 26.1 Å². The van der Waals surface area contributed by atoms with E-state index in [1.165, 1.54) is 5.82 Å². The number of benzene rings is 1. The smallest absolute Gasteiger partial charge is 0.131 e. The Morgan fingerprint density at radius 2 is 2.00 bits per heavy atom. The van der Waals surface area contributed by atoms with Gasteiger partial charge in [0.2, 0.25) is 0 Å². The average molecular weight is 434 g/mol. The molecule has 1 aliphatic rings. The van der Waals surface area contributed by atoms with Crippen molar-refractivity contribution in [2.75, 3.05) is 22.9 Å². The molecule has 1 aromatic carbocycles. The van der Waals surface area contributed by atoms with Crippen LogP contribution in [0.25, 0.3) is 10.8 Å². The van der Waals surface area contributed by atoms with Crippen LogP contribution in [0.2, 0.25) is 5.02 Å². The molecular weight excluding hydrogens is 410 g/mol. The molecule has 4 N–H and O–H groups in total. The van der Waals surface area contributed by atoms with Crippen LogP contribution in [0.15, 0.2) is 55.1 Å². The Balaban J connectivity index is 1.16. The van der Waals surface area contributed by atoms with Gasteiger partial charge in [-0.25, -0.2) is 15.0 Å². The Morgan fingerprint density at radius 1 is 1.06 bits per heavy atom. The van der Waals surface area contributed by atoms with Gasteiger partial charge in [0.25, 0.3) is 0 Å². The summed E-state index contributed by atoms with van der Waals surface area (Å²) in [6, 6.07) is 10.0. The van der Waals surface area contributed by atoms with Gasteiger partial charge in [0.05, 0.1) is 5.02 Å². The normalized spacial score (nSPS) is 15.6. The molecule has 0 radical (unpaired) electrons. The molecule has 1 aliphatic heterocycles. The molecule has 4 aromatic rings. The zero-order valence-corrected chi connectivity index (χ0v) is 17.8. The van der Waals surface area contributed by atoms with Crippen LogP contribution < -0.4 is 16.4 Å². The number of aromatic nitrogens is 4. The summed E-state index contributed by atoms with van der Waals surface area (Å²) in [6.45, 7) is 2.62. The van der Waals surface area contributed by atoms with Crippen molar-refractivity contribution in [1.29, 1.82) is 0 Å². The van der Waals surface area contributed by atoms with Gasteiger partial charge in [-0.3, -0.25) is 0 Å². The van der Waals surface area contributed by atoms with Crippen LogP contribution >= 0.6 is 11.6 Å². The number of nitrogens with one attached hydrogen (secondary N) is 2. The van der Waals surface area contributed by atoms with E-state index in [0.29, 0.717) is 23.3 Å². The first-order chi connectivity index (χ1) is 15.2. The van der Waals surface area contributed by atoms with Crippen molar-refractivity contribution in [2.45, 2.75) is 25.9 Å². The molecule has 8 heteroatoms. The van der Waals surface area contributed by atoms with Crippen molar-refractivity contribution in [2.24, 2.45) is 5.92 Å². The molecule has 158 valence electrons. The zero-order chi connectivity index (χ0) is 21.2. The Morgan fingerprint density at radius 3 is 2.87 bits per heavy atom. The fourth-order valence-corrected chi connectivity index (χ4v) is 4.22. The van der Waals surface area contributed by atoms with Gasteiger partial charge < -0.3 is 20.9 Å². The highest BCUT2D eigenvalue weighted by molar-refractivity contribution is 6.35. The van der Waals surface area contributed by atoms with Gasteiger partial charge in [0.15, 0.2) is 0 Å². The molecule has 3 aromatic heterocycles. The quantitative estimate of drug-likeness (QED) is 0.418. The summed E-state index contributed by atoms with van der Waals surface area (Å²) in [4.78, 5) is 13.1. The number of pyridine rings is 2. The van der Waals surface area contributed by atoms with Crippen LogP contribution in [0.5, 0.6) is 0 Å².